The molecule has 1 aromatic heterocycles. The van der Waals surface area contributed by atoms with Crippen LogP contribution in [-0.4, -0.2) is 18.1 Å². The SMILES string of the molecule is COC(=O)c1nc(-c2ccccc2)c(N)s1. The first kappa shape index (κ1) is 10.6. The van der Waals surface area contributed by atoms with Gasteiger partial charge in [-0.2, -0.15) is 0 Å². The summed E-state index contributed by atoms with van der Waals surface area (Å²) in [5, 5.41) is 0.797. The van der Waals surface area contributed by atoms with Gasteiger partial charge < -0.3 is 10.5 Å². The fraction of sp³-hybridized carbons (Fsp3) is 0.0909. The van der Waals surface area contributed by atoms with Crippen LogP contribution >= 0.6 is 11.3 Å². The first-order chi connectivity index (χ1) is 7.72. The van der Waals surface area contributed by atoms with Crippen LogP contribution in [-0.2, 0) is 4.74 Å². The van der Waals surface area contributed by atoms with E-state index in [0.717, 1.165) is 16.9 Å². The minimum absolute atomic E-state index is 0.277. The fourth-order valence-corrected chi connectivity index (χ4v) is 2.08. The number of nitrogens with two attached hydrogens (primary N) is 1. The molecule has 1 heterocycles. The lowest BCUT2D eigenvalue weighted by Crippen LogP contribution is -1.99. The maximum absolute atomic E-state index is 11.3. The Morgan fingerprint density at radius 2 is 2.06 bits per heavy atom. The Labute approximate surface area is 96.7 Å². The van der Waals surface area contributed by atoms with Gasteiger partial charge in [-0.3, -0.25) is 0 Å². The highest BCUT2D eigenvalue weighted by molar-refractivity contribution is 7.17. The van der Waals surface area contributed by atoms with Crippen LogP contribution < -0.4 is 5.73 Å². The molecular weight excluding hydrogens is 224 g/mol. The summed E-state index contributed by atoms with van der Waals surface area (Å²) in [6, 6.07) is 9.49. The Kier molecular flexibility index (Phi) is 2.87. The van der Waals surface area contributed by atoms with E-state index in [0.29, 0.717) is 10.7 Å². The minimum atomic E-state index is -0.459. The lowest BCUT2D eigenvalue weighted by Gasteiger charge is -1.96. The third kappa shape index (κ3) is 1.90. The van der Waals surface area contributed by atoms with Crippen molar-refractivity contribution in [1.82, 2.24) is 4.98 Å². The Morgan fingerprint density at radius 1 is 1.38 bits per heavy atom. The second-order valence-corrected chi connectivity index (χ2v) is 4.12. The standard InChI is InChI=1S/C11H10N2O2S/c1-15-11(14)10-13-8(9(12)16-10)7-5-3-2-4-6-7/h2-6H,12H2,1H3. The molecule has 0 atom stereocenters. The van der Waals surface area contributed by atoms with Crippen LogP contribution in [0.15, 0.2) is 30.3 Å². The molecule has 2 N–H and O–H groups in total. The number of hydrogen-bond donors (Lipinski definition) is 1. The number of hydrogen-bond acceptors (Lipinski definition) is 5. The summed E-state index contributed by atoms with van der Waals surface area (Å²) in [6.45, 7) is 0. The highest BCUT2D eigenvalue weighted by Gasteiger charge is 2.16. The second-order valence-electron chi connectivity index (χ2n) is 3.09. The van der Waals surface area contributed by atoms with Crippen molar-refractivity contribution in [2.45, 2.75) is 0 Å². The average molecular weight is 234 g/mol. The molecule has 82 valence electrons. The first-order valence-corrected chi connectivity index (χ1v) is 5.44. The van der Waals surface area contributed by atoms with Crippen LogP contribution in [0, 0.1) is 0 Å². The van der Waals surface area contributed by atoms with Gasteiger partial charge in [0.25, 0.3) is 0 Å². The van der Waals surface area contributed by atoms with Crippen molar-refractivity contribution >= 4 is 22.3 Å². The van der Waals surface area contributed by atoms with Crippen LogP contribution in [0.25, 0.3) is 11.3 Å². The van der Waals surface area contributed by atoms with Gasteiger partial charge in [-0.05, 0) is 0 Å². The number of rotatable bonds is 2. The fourth-order valence-electron chi connectivity index (χ4n) is 1.31. The molecule has 0 saturated heterocycles. The molecule has 0 amide bonds. The van der Waals surface area contributed by atoms with E-state index in [4.69, 9.17) is 5.73 Å². The van der Waals surface area contributed by atoms with Crippen molar-refractivity contribution in [2.75, 3.05) is 12.8 Å². The van der Waals surface area contributed by atoms with Gasteiger partial charge >= 0.3 is 5.97 Å². The summed E-state index contributed by atoms with van der Waals surface area (Å²) >= 11 is 1.13. The molecule has 2 rings (SSSR count). The lowest BCUT2D eigenvalue weighted by molar-refractivity contribution is 0.0600. The summed E-state index contributed by atoms with van der Waals surface area (Å²) in [4.78, 5) is 15.5. The minimum Gasteiger partial charge on any atom is -0.464 e. The molecule has 0 aliphatic carbocycles. The summed E-state index contributed by atoms with van der Waals surface area (Å²) in [6.07, 6.45) is 0. The van der Waals surface area contributed by atoms with Crippen molar-refractivity contribution in [3.63, 3.8) is 0 Å². The molecule has 0 fully saturated rings. The number of methoxy groups -OCH3 is 1. The van der Waals surface area contributed by atoms with Gasteiger partial charge in [0.1, 0.15) is 10.7 Å². The number of carbonyl (C=O) groups is 1. The van der Waals surface area contributed by atoms with Crippen molar-refractivity contribution < 1.29 is 9.53 Å². The number of anilines is 1. The Hall–Kier alpha value is -1.88. The van der Waals surface area contributed by atoms with E-state index in [1.165, 1.54) is 7.11 Å². The van der Waals surface area contributed by atoms with E-state index < -0.39 is 5.97 Å². The van der Waals surface area contributed by atoms with Crippen molar-refractivity contribution in [2.24, 2.45) is 0 Å². The van der Waals surface area contributed by atoms with E-state index >= 15 is 0 Å². The van der Waals surface area contributed by atoms with Gasteiger partial charge in [0.05, 0.1) is 7.11 Å². The van der Waals surface area contributed by atoms with E-state index in [9.17, 15) is 4.79 Å². The number of aromatic nitrogens is 1. The Bertz CT molecular complexity index is 508. The van der Waals surface area contributed by atoms with Crippen molar-refractivity contribution in [1.29, 1.82) is 0 Å². The van der Waals surface area contributed by atoms with E-state index in [1.807, 2.05) is 30.3 Å². The number of nitrogens with zero attached hydrogens (tertiary/aromatic N) is 1. The van der Waals surface area contributed by atoms with Crippen molar-refractivity contribution in [3.8, 4) is 11.3 Å². The summed E-state index contributed by atoms with van der Waals surface area (Å²) in [7, 11) is 1.32. The average Bonchev–Trinajstić information content (AvgIpc) is 2.71. The smallest absolute Gasteiger partial charge is 0.367 e. The molecule has 0 bridgehead atoms. The number of thiazole rings is 1. The maximum atomic E-state index is 11.3. The zero-order valence-electron chi connectivity index (χ0n) is 8.64. The first-order valence-electron chi connectivity index (χ1n) is 4.62. The summed E-state index contributed by atoms with van der Waals surface area (Å²) < 4.78 is 4.59. The largest absolute Gasteiger partial charge is 0.464 e. The molecule has 0 aliphatic heterocycles. The van der Waals surface area contributed by atoms with Crippen LogP contribution in [0.1, 0.15) is 9.80 Å². The third-order valence-corrected chi connectivity index (χ3v) is 2.93. The molecule has 4 nitrogen and oxygen atoms in total. The molecule has 0 unspecified atom stereocenters. The predicted molar refractivity (Wildman–Crippen MR) is 63.3 cm³/mol. The van der Waals surface area contributed by atoms with Gasteiger partial charge in [-0.25, -0.2) is 9.78 Å². The van der Waals surface area contributed by atoms with Gasteiger partial charge in [0, 0.05) is 5.56 Å². The molecule has 5 heteroatoms. The predicted octanol–water partition coefficient (Wildman–Crippen LogP) is 2.18. The molecule has 0 spiro atoms. The zero-order valence-corrected chi connectivity index (χ0v) is 9.45. The van der Waals surface area contributed by atoms with Gasteiger partial charge in [-0.1, -0.05) is 41.7 Å². The number of ether oxygens (including phenoxy) is 1. The zero-order chi connectivity index (χ0) is 11.5. The summed E-state index contributed by atoms with van der Waals surface area (Å²) in [5.74, 6) is -0.459. The molecule has 0 saturated carbocycles. The van der Waals surface area contributed by atoms with E-state index in [2.05, 4.69) is 9.72 Å². The van der Waals surface area contributed by atoms with Gasteiger partial charge in [0.2, 0.25) is 5.01 Å². The maximum Gasteiger partial charge on any atom is 0.367 e. The number of benzene rings is 1. The van der Waals surface area contributed by atoms with Crippen LogP contribution in [0.2, 0.25) is 0 Å². The molecular formula is C11H10N2O2S. The summed E-state index contributed by atoms with van der Waals surface area (Å²) in [5.41, 5.74) is 7.34. The van der Waals surface area contributed by atoms with E-state index in [-0.39, 0.29) is 5.01 Å². The monoisotopic (exact) mass is 234 g/mol. The highest BCUT2D eigenvalue weighted by atomic mass is 32.1. The lowest BCUT2D eigenvalue weighted by atomic mass is 10.2. The quantitative estimate of drug-likeness (QED) is 0.809. The highest BCUT2D eigenvalue weighted by Crippen LogP contribution is 2.30. The van der Waals surface area contributed by atoms with Crippen LogP contribution in [0.3, 0.4) is 0 Å². The molecule has 0 aliphatic rings. The normalized spacial score (nSPS) is 10.1. The van der Waals surface area contributed by atoms with Gasteiger partial charge in [-0.15, -0.1) is 0 Å². The molecule has 16 heavy (non-hydrogen) atoms. The van der Waals surface area contributed by atoms with Crippen LogP contribution in [0.4, 0.5) is 5.00 Å². The number of carbonyl (C=O) groups excluding carboxylic acids is 1. The van der Waals surface area contributed by atoms with Gasteiger partial charge in [0.15, 0.2) is 0 Å². The molecule has 1 aromatic carbocycles. The van der Waals surface area contributed by atoms with E-state index in [1.54, 1.807) is 0 Å². The van der Waals surface area contributed by atoms with Crippen LogP contribution in [0.5, 0.6) is 0 Å². The molecule has 0 radical (unpaired) electrons. The Balaban J connectivity index is 2.44. The topological polar surface area (TPSA) is 65.2 Å². The molecule has 2 aromatic rings. The van der Waals surface area contributed by atoms with Crippen molar-refractivity contribution in [3.05, 3.63) is 35.3 Å². The Morgan fingerprint density at radius 3 is 2.69 bits per heavy atom. The third-order valence-electron chi connectivity index (χ3n) is 2.06. The second kappa shape index (κ2) is 4.32. The number of nitrogen functional groups attached to an aromatic ring is 1. The number of esters is 1.